The van der Waals surface area contributed by atoms with Gasteiger partial charge in [0.05, 0.1) is 0 Å². The van der Waals surface area contributed by atoms with Gasteiger partial charge in [0.1, 0.15) is 28.9 Å². The average Bonchev–Trinajstić information content (AvgIpc) is 2.38. The number of halogens is 1. The zero-order valence-corrected chi connectivity index (χ0v) is 10.3. The van der Waals surface area contributed by atoms with Crippen molar-refractivity contribution in [3.05, 3.63) is 59.7 Å². The maximum absolute atomic E-state index is 12.7. The predicted octanol–water partition coefficient (Wildman–Crippen LogP) is 2.43. The molecule has 1 aromatic heterocycles. The van der Waals surface area contributed by atoms with Crippen LogP contribution in [0.25, 0.3) is 0 Å². The molecule has 0 atom stereocenters. The Balaban J connectivity index is 2.10. The average molecular weight is 262 g/mol. The Morgan fingerprint density at radius 3 is 2.67 bits per heavy atom. The van der Waals surface area contributed by atoms with Gasteiger partial charge >= 0.3 is 0 Å². The molecular formula is C13H11FN2OS. The first-order chi connectivity index (χ1) is 8.66. The zero-order chi connectivity index (χ0) is 13.0. The van der Waals surface area contributed by atoms with E-state index in [4.69, 9.17) is 22.7 Å². The van der Waals surface area contributed by atoms with E-state index in [-0.39, 0.29) is 17.4 Å². The van der Waals surface area contributed by atoms with Gasteiger partial charge in [0.2, 0.25) is 0 Å². The van der Waals surface area contributed by atoms with Crippen molar-refractivity contribution in [2.75, 3.05) is 0 Å². The number of pyridine rings is 1. The fourth-order valence-electron chi connectivity index (χ4n) is 1.47. The molecular weight excluding hydrogens is 251 g/mol. The Bertz CT molecular complexity index is 557. The Labute approximate surface area is 109 Å². The van der Waals surface area contributed by atoms with Crippen LogP contribution in [0.1, 0.15) is 11.3 Å². The second-order valence-corrected chi connectivity index (χ2v) is 4.06. The highest BCUT2D eigenvalue weighted by Crippen LogP contribution is 2.14. The van der Waals surface area contributed by atoms with Crippen LogP contribution in [-0.4, -0.2) is 9.97 Å². The number of benzene rings is 1. The highest BCUT2D eigenvalue weighted by molar-refractivity contribution is 7.80. The molecule has 92 valence electrons. The molecule has 18 heavy (non-hydrogen) atoms. The number of ether oxygens (including phenoxy) is 1. The van der Waals surface area contributed by atoms with Gasteiger partial charge in [0.15, 0.2) is 0 Å². The van der Waals surface area contributed by atoms with Crippen LogP contribution in [0.5, 0.6) is 5.75 Å². The molecule has 2 rings (SSSR count). The van der Waals surface area contributed by atoms with E-state index in [0.717, 1.165) is 5.56 Å². The van der Waals surface area contributed by atoms with Crippen LogP contribution in [0.15, 0.2) is 42.6 Å². The SMILES string of the molecule is NC(=S)c1ncccc1COc1ccc(F)cc1. The van der Waals surface area contributed by atoms with Crippen LogP contribution >= 0.6 is 12.2 Å². The summed E-state index contributed by atoms with van der Waals surface area (Å²) in [6, 6.07) is 9.43. The third-order valence-electron chi connectivity index (χ3n) is 2.33. The lowest BCUT2D eigenvalue weighted by molar-refractivity contribution is 0.305. The summed E-state index contributed by atoms with van der Waals surface area (Å²) in [5.41, 5.74) is 6.92. The van der Waals surface area contributed by atoms with E-state index in [9.17, 15) is 4.39 Å². The molecule has 0 radical (unpaired) electrons. The molecule has 0 aliphatic heterocycles. The summed E-state index contributed by atoms with van der Waals surface area (Å²) < 4.78 is 18.2. The Kier molecular flexibility index (Phi) is 3.84. The second-order valence-electron chi connectivity index (χ2n) is 3.62. The number of nitrogens with zero attached hydrogens (tertiary/aromatic N) is 1. The predicted molar refractivity (Wildman–Crippen MR) is 70.9 cm³/mol. The molecule has 3 nitrogen and oxygen atoms in total. The van der Waals surface area contributed by atoms with Crippen molar-refractivity contribution >= 4 is 17.2 Å². The van der Waals surface area contributed by atoms with Crippen molar-refractivity contribution in [1.29, 1.82) is 0 Å². The van der Waals surface area contributed by atoms with Crippen molar-refractivity contribution in [2.45, 2.75) is 6.61 Å². The summed E-state index contributed by atoms with van der Waals surface area (Å²) in [7, 11) is 0. The molecule has 0 bridgehead atoms. The Hall–Kier alpha value is -2.01. The van der Waals surface area contributed by atoms with Gasteiger partial charge in [-0.25, -0.2) is 4.39 Å². The minimum Gasteiger partial charge on any atom is -0.489 e. The summed E-state index contributed by atoms with van der Waals surface area (Å²) in [4.78, 5) is 4.33. The van der Waals surface area contributed by atoms with E-state index in [1.54, 1.807) is 24.4 Å². The van der Waals surface area contributed by atoms with E-state index in [1.807, 2.05) is 6.07 Å². The lowest BCUT2D eigenvalue weighted by atomic mass is 10.2. The molecule has 0 fully saturated rings. The Morgan fingerprint density at radius 1 is 1.28 bits per heavy atom. The summed E-state index contributed by atoms with van der Waals surface area (Å²) in [5.74, 6) is 0.279. The molecule has 1 aromatic carbocycles. The number of hydrogen-bond acceptors (Lipinski definition) is 3. The standard InChI is InChI=1S/C13H11FN2OS/c14-10-3-5-11(6-4-10)17-8-9-2-1-7-16-12(9)13(15)18/h1-7H,8H2,(H2,15,18). The third kappa shape index (κ3) is 3.01. The van der Waals surface area contributed by atoms with Crippen LogP contribution in [0.4, 0.5) is 4.39 Å². The first-order valence-corrected chi connectivity index (χ1v) is 5.69. The smallest absolute Gasteiger partial charge is 0.123 e. The molecule has 5 heteroatoms. The monoisotopic (exact) mass is 262 g/mol. The van der Waals surface area contributed by atoms with Crippen molar-refractivity contribution in [1.82, 2.24) is 4.98 Å². The lowest BCUT2D eigenvalue weighted by Gasteiger charge is -2.09. The summed E-state index contributed by atoms with van der Waals surface area (Å²) in [5, 5.41) is 0. The van der Waals surface area contributed by atoms with E-state index in [1.165, 1.54) is 12.1 Å². The van der Waals surface area contributed by atoms with Crippen LogP contribution in [0.3, 0.4) is 0 Å². The molecule has 1 heterocycles. The Morgan fingerprint density at radius 2 is 2.00 bits per heavy atom. The van der Waals surface area contributed by atoms with Crippen molar-refractivity contribution in [3.8, 4) is 5.75 Å². The van der Waals surface area contributed by atoms with Gasteiger partial charge < -0.3 is 10.5 Å². The fourth-order valence-corrected chi connectivity index (χ4v) is 1.65. The van der Waals surface area contributed by atoms with Crippen LogP contribution in [0.2, 0.25) is 0 Å². The molecule has 0 unspecified atom stereocenters. The first kappa shape index (κ1) is 12.4. The van der Waals surface area contributed by atoms with Crippen molar-refractivity contribution in [3.63, 3.8) is 0 Å². The highest BCUT2D eigenvalue weighted by Gasteiger charge is 2.06. The summed E-state index contributed by atoms with van der Waals surface area (Å²) in [6.45, 7) is 0.284. The molecule has 2 aromatic rings. The minimum absolute atomic E-state index is 0.230. The maximum atomic E-state index is 12.7. The third-order valence-corrected chi connectivity index (χ3v) is 2.53. The van der Waals surface area contributed by atoms with Gasteiger partial charge in [-0.15, -0.1) is 0 Å². The van der Waals surface area contributed by atoms with E-state index >= 15 is 0 Å². The molecule has 0 aliphatic rings. The zero-order valence-electron chi connectivity index (χ0n) is 9.47. The van der Waals surface area contributed by atoms with Gasteiger partial charge in [-0.05, 0) is 30.3 Å². The molecule has 0 aliphatic carbocycles. The lowest BCUT2D eigenvalue weighted by Crippen LogP contribution is -2.15. The molecule has 0 spiro atoms. The molecule has 0 saturated heterocycles. The largest absolute Gasteiger partial charge is 0.489 e. The van der Waals surface area contributed by atoms with Crippen LogP contribution in [0, 0.1) is 5.82 Å². The number of aromatic nitrogens is 1. The number of thiocarbonyl (C=S) groups is 1. The quantitative estimate of drug-likeness (QED) is 0.860. The number of hydrogen-bond donors (Lipinski definition) is 1. The van der Waals surface area contributed by atoms with Crippen LogP contribution in [-0.2, 0) is 6.61 Å². The first-order valence-electron chi connectivity index (χ1n) is 5.29. The topological polar surface area (TPSA) is 48.1 Å². The second kappa shape index (κ2) is 5.55. The molecule has 2 N–H and O–H groups in total. The van der Waals surface area contributed by atoms with Gasteiger partial charge in [0, 0.05) is 11.8 Å². The van der Waals surface area contributed by atoms with Crippen molar-refractivity contribution in [2.24, 2.45) is 5.73 Å². The molecule has 0 amide bonds. The van der Waals surface area contributed by atoms with E-state index in [2.05, 4.69) is 4.98 Å². The maximum Gasteiger partial charge on any atom is 0.123 e. The van der Waals surface area contributed by atoms with Gasteiger partial charge in [-0.3, -0.25) is 4.98 Å². The van der Waals surface area contributed by atoms with E-state index < -0.39 is 0 Å². The van der Waals surface area contributed by atoms with Gasteiger partial charge in [-0.1, -0.05) is 18.3 Å². The van der Waals surface area contributed by atoms with Crippen molar-refractivity contribution < 1.29 is 9.13 Å². The minimum atomic E-state index is -0.299. The molecule has 0 saturated carbocycles. The van der Waals surface area contributed by atoms with Gasteiger partial charge in [0.25, 0.3) is 0 Å². The normalized spacial score (nSPS) is 10.1. The van der Waals surface area contributed by atoms with E-state index in [0.29, 0.717) is 11.4 Å². The summed E-state index contributed by atoms with van der Waals surface area (Å²) in [6.07, 6.45) is 1.62. The number of rotatable bonds is 4. The highest BCUT2D eigenvalue weighted by atomic mass is 32.1. The van der Waals surface area contributed by atoms with Crippen LogP contribution < -0.4 is 10.5 Å². The number of nitrogens with two attached hydrogens (primary N) is 1. The summed E-state index contributed by atoms with van der Waals surface area (Å²) >= 11 is 4.91. The van der Waals surface area contributed by atoms with Gasteiger partial charge in [-0.2, -0.15) is 0 Å². The fraction of sp³-hybridized carbons (Fsp3) is 0.0769.